The molecule has 5 heteroatoms. The van der Waals surface area contributed by atoms with Gasteiger partial charge in [-0.2, -0.15) is 0 Å². The quantitative estimate of drug-likeness (QED) is 0.884. The van der Waals surface area contributed by atoms with E-state index in [-0.39, 0.29) is 23.5 Å². The fraction of sp³-hybridized carbons (Fsp3) is 0.312. The highest BCUT2D eigenvalue weighted by Crippen LogP contribution is 2.18. The molecule has 0 aliphatic heterocycles. The molecule has 1 amide bonds. The molecule has 21 heavy (non-hydrogen) atoms. The average molecular weight is 284 g/mol. The number of nitrogens with one attached hydrogen (secondary N) is 1. The fourth-order valence-corrected chi connectivity index (χ4v) is 2.06. The lowest BCUT2D eigenvalue weighted by Gasteiger charge is -2.15. The second-order valence-electron chi connectivity index (χ2n) is 4.84. The lowest BCUT2D eigenvalue weighted by atomic mass is 10.1. The third kappa shape index (κ3) is 3.56. The third-order valence-electron chi connectivity index (χ3n) is 3.41. The Morgan fingerprint density at radius 2 is 1.90 bits per heavy atom. The Morgan fingerprint density at radius 3 is 2.52 bits per heavy atom. The zero-order valence-corrected chi connectivity index (χ0v) is 12.3. The highest BCUT2D eigenvalue weighted by molar-refractivity contribution is 5.97. The van der Waals surface area contributed by atoms with Crippen LogP contribution in [-0.2, 0) is 0 Å². The molecule has 0 radical (unpaired) electrons. The largest absolute Gasteiger partial charge is 0.382 e. The van der Waals surface area contributed by atoms with Crippen molar-refractivity contribution in [2.75, 3.05) is 5.73 Å². The van der Waals surface area contributed by atoms with Gasteiger partial charge in [-0.1, -0.05) is 44.2 Å². The summed E-state index contributed by atoms with van der Waals surface area (Å²) in [6.07, 6.45) is 3.32. The molecule has 0 fully saturated rings. The van der Waals surface area contributed by atoms with Crippen LogP contribution in [0.3, 0.4) is 0 Å². The Kier molecular flexibility index (Phi) is 4.87. The van der Waals surface area contributed by atoms with Crippen LogP contribution in [0.25, 0.3) is 11.3 Å². The monoisotopic (exact) mass is 284 g/mol. The summed E-state index contributed by atoms with van der Waals surface area (Å²) in [5.41, 5.74) is 7.52. The minimum absolute atomic E-state index is 0.124. The van der Waals surface area contributed by atoms with Crippen molar-refractivity contribution in [1.29, 1.82) is 0 Å². The SMILES string of the molecule is CCC(CC)NC(=O)c1nc(-c2ccccc2)cnc1N. The lowest BCUT2D eigenvalue weighted by Crippen LogP contribution is -2.35. The predicted octanol–water partition coefficient (Wildman–Crippen LogP) is 2.64. The molecule has 1 aromatic carbocycles. The molecule has 0 aliphatic carbocycles. The molecule has 2 aromatic rings. The summed E-state index contributed by atoms with van der Waals surface area (Å²) in [4.78, 5) is 20.7. The molecule has 0 saturated heterocycles. The van der Waals surface area contributed by atoms with Crippen LogP contribution in [0.2, 0.25) is 0 Å². The maximum Gasteiger partial charge on any atom is 0.273 e. The Bertz CT molecular complexity index is 609. The topological polar surface area (TPSA) is 80.9 Å². The summed E-state index contributed by atoms with van der Waals surface area (Å²) in [7, 11) is 0. The number of anilines is 1. The van der Waals surface area contributed by atoms with E-state index in [4.69, 9.17) is 5.73 Å². The van der Waals surface area contributed by atoms with Crippen LogP contribution >= 0.6 is 0 Å². The van der Waals surface area contributed by atoms with Gasteiger partial charge in [0, 0.05) is 11.6 Å². The number of aromatic nitrogens is 2. The summed E-state index contributed by atoms with van der Waals surface area (Å²) >= 11 is 0. The highest BCUT2D eigenvalue weighted by Gasteiger charge is 2.17. The molecule has 1 heterocycles. The summed E-state index contributed by atoms with van der Waals surface area (Å²) in [6.45, 7) is 4.06. The number of benzene rings is 1. The van der Waals surface area contributed by atoms with E-state index in [1.165, 1.54) is 0 Å². The fourth-order valence-electron chi connectivity index (χ4n) is 2.06. The molecule has 5 nitrogen and oxygen atoms in total. The van der Waals surface area contributed by atoms with Gasteiger partial charge in [0.15, 0.2) is 11.5 Å². The van der Waals surface area contributed by atoms with Crippen molar-refractivity contribution in [1.82, 2.24) is 15.3 Å². The van der Waals surface area contributed by atoms with Crippen LogP contribution in [0, 0.1) is 0 Å². The van der Waals surface area contributed by atoms with E-state index < -0.39 is 0 Å². The first-order valence-electron chi connectivity index (χ1n) is 7.14. The van der Waals surface area contributed by atoms with Crippen LogP contribution < -0.4 is 11.1 Å². The molecule has 0 unspecified atom stereocenters. The first kappa shape index (κ1) is 15.0. The number of hydrogen-bond acceptors (Lipinski definition) is 4. The van der Waals surface area contributed by atoms with Gasteiger partial charge < -0.3 is 11.1 Å². The average Bonchev–Trinajstić information content (AvgIpc) is 2.53. The van der Waals surface area contributed by atoms with E-state index >= 15 is 0 Å². The number of rotatable bonds is 5. The summed E-state index contributed by atoms with van der Waals surface area (Å²) in [6, 6.07) is 9.72. The molecule has 2 rings (SSSR count). The zero-order chi connectivity index (χ0) is 15.2. The smallest absolute Gasteiger partial charge is 0.273 e. The first-order chi connectivity index (χ1) is 10.2. The lowest BCUT2D eigenvalue weighted by molar-refractivity contribution is 0.0930. The van der Waals surface area contributed by atoms with E-state index in [2.05, 4.69) is 15.3 Å². The number of nitrogens with two attached hydrogens (primary N) is 1. The summed E-state index contributed by atoms with van der Waals surface area (Å²) < 4.78 is 0. The second kappa shape index (κ2) is 6.83. The number of hydrogen-bond donors (Lipinski definition) is 2. The van der Waals surface area contributed by atoms with Crippen molar-refractivity contribution < 1.29 is 4.79 Å². The Balaban J connectivity index is 2.29. The normalized spacial score (nSPS) is 10.6. The van der Waals surface area contributed by atoms with Gasteiger partial charge in [0.25, 0.3) is 5.91 Å². The molecular formula is C16H20N4O. The van der Waals surface area contributed by atoms with Crippen molar-refractivity contribution in [2.24, 2.45) is 0 Å². The minimum atomic E-state index is -0.272. The zero-order valence-electron chi connectivity index (χ0n) is 12.3. The van der Waals surface area contributed by atoms with E-state index in [1.54, 1.807) is 6.20 Å². The van der Waals surface area contributed by atoms with Crippen LogP contribution in [-0.4, -0.2) is 21.9 Å². The van der Waals surface area contributed by atoms with Crippen LogP contribution in [0.15, 0.2) is 36.5 Å². The van der Waals surface area contributed by atoms with Crippen LogP contribution in [0.1, 0.15) is 37.2 Å². The maximum atomic E-state index is 12.3. The van der Waals surface area contributed by atoms with Crippen molar-refractivity contribution in [3.63, 3.8) is 0 Å². The molecule has 3 N–H and O–H groups in total. The highest BCUT2D eigenvalue weighted by atomic mass is 16.2. The van der Waals surface area contributed by atoms with Gasteiger partial charge in [-0.15, -0.1) is 0 Å². The van der Waals surface area contributed by atoms with E-state index in [0.29, 0.717) is 5.69 Å². The van der Waals surface area contributed by atoms with E-state index in [0.717, 1.165) is 18.4 Å². The van der Waals surface area contributed by atoms with Crippen molar-refractivity contribution >= 4 is 11.7 Å². The van der Waals surface area contributed by atoms with Gasteiger partial charge in [0.1, 0.15) is 0 Å². The second-order valence-corrected chi connectivity index (χ2v) is 4.84. The number of carbonyl (C=O) groups excluding carboxylic acids is 1. The Hall–Kier alpha value is -2.43. The first-order valence-corrected chi connectivity index (χ1v) is 7.14. The number of amides is 1. The standard InChI is InChI=1S/C16H20N4O/c1-3-12(4-2)19-16(21)14-15(17)18-10-13(20-14)11-8-6-5-7-9-11/h5-10,12H,3-4H2,1-2H3,(H2,17,18)(H,19,21). The third-order valence-corrected chi connectivity index (χ3v) is 3.41. The van der Waals surface area contributed by atoms with Crippen molar-refractivity contribution in [3.05, 3.63) is 42.2 Å². The Morgan fingerprint density at radius 1 is 1.24 bits per heavy atom. The molecule has 0 spiro atoms. The molecule has 0 aliphatic rings. The van der Waals surface area contributed by atoms with E-state index in [1.807, 2.05) is 44.2 Å². The van der Waals surface area contributed by atoms with Gasteiger partial charge in [0.05, 0.1) is 11.9 Å². The molecule has 0 atom stereocenters. The van der Waals surface area contributed by atoms with Gasteiger partial charge in [-0.3, -0.25) is 4.79 Å². The van der Waals surface area contributed by atoms with Crippen LogP contribution in [0.5, 0.6) is 0 Å². The van der Waals surface area contributed by atoms with Gasteiger partial charge in [0.2, 0.25) is 0 Å². The number of carbonyl (C=O) groups is 1. The minimum Gasteiger partial charge on any atom is -0.382 e. The van der Waals surface area contributed by atoms with E-state index in [9.17, 15) is 4.79 Å². The molecule has 110 valence electrons. The van der Waals surface area contributed by atoms with Crippen molar-refractivity contribution in [2.45, 2.75) is 32.7 Å². The summed E-state index contributed by atoms with van der Waals surface area (Å²) in [5.74, 6) is -0.121. The van der Waals surface area contributed by atoms with Gasteiger partial charge in [-0.25, -0.2) is 9.97 Å². The molecule has 0 bridgehead atoms. The molecule has 0 saturated carbocycles. The maximum absolute atomic E-state index is 12.3. The molecule has 1 aromatic heterocycles. The van der Waals surface area contributed by atoms with Gasteiger partial charge >= 0.3 is 0 Å². The summed E-state index contributed by atoms with van der Waals surface area (Å²) in [5, 5.41) is 2.93. The number of nitrogen functional groups attached to an aromatic ring is 1. The molecular weight excluding hydrogens is 264 g/mol. The number of nitrogens with zero attached hydrogens (tertiary/aromatic N) is 2. The van der Waals surface area contributed by atoms with Crippen molar-refractivity contribution in [3.8, 4) is 11.3 Å². The van der Waals surface area contributed by atoms with Gasteiger partial charge in [-0.05, 0) is 12.8 Å². The van der Waals surface area contributed by atoms with Crippen LogP contribution in [0.4, 0.5) is 5.82 Å². The predicted molar refractivity (Wildman–Crippen MR) is 83.7 cm³/mol. The Labute approximate surface area is 124 Å².